The molecule has 1 heterocycles. The van der Waals surface area contributed by atoms with E-state index in [2.05, 4.69) is 9.84 Å². The summed E-state index contributed by atoms with van der Waals surface area (Å²) in [6, 6.07) is 10.3. The zero-order chi connectivity index (χ0) is 18.5. The van der Waals surface area contributed by atoms with Gasteiger partial charge in [-0.05, 0) is 42.0 Å². The van der Waals surface area contributed by atoms with Gasteiger partial charge in [-0.15, -0.1) is 13.2 Å². The second kappa shape index (κ2) is 5.62. The van der Waals surface area contributed by atoms with Crippen LogP contribution in [0.3, 0.4) is 0 Å². The topological polar surface area (TPSA) is 64.3 Å². The molecule has 0 spiro atoms. The number of carboxylic acids is 1. The lowest BCUT2D eigenvalue weighted by molar-refractivity contribution is -0.274. The van der Waals surface area contributed by atoms with Crippen LogP contribution in [0.1, 0.15) is 21.5 Å². The first-order chi connectivity index (χ1) is 12.3. The van der Waals surface area contributed by atoms with Crippen LogP contribution >= 0.6 is 0 Å². The molecular weight excluding hydrogens is 349 g/mol. The number of rotatable bonds is 3. The molecule has 0 bridgehead atoms. The number of aromatic carboxylic acids is 1. The van der Waals surface area contributed by atoms with Crippen molar-refractivity contribution in [1.29, 1.82) is 0 Å². The van der Waals surface area contributed by atoms with E-state index >= 15 is 0 Å². The Morgan fingerprint density at radius 1 is 1.12 bits per heavy atom. The Hall–Kier alpha value is -3.29. The molecule has 0 unspecified atom stereocenters. The molecule has 1 aromatic heterocycles. The van der Waals surface area contributed by atoms with Gasteiger partial charge in [0.1, 0.15) is 5.75 Å². The fraction of sp³-hybridized carbons (Fsp3) is 0.111. The summed E-state index contributed by atoms with van der Waals surface area (Å²) in [6.07, 6.45) is -2.32. The van der Waals surface area contributed by atoms with Crippen molar-refractivity contribution in [2.45, 2.75) is 12.8 Å². The quantitative estimate of drug-likeness (QED) is 0.599. The van der Waals surface area contributed by atoms with E-state index in [1.165, 1.54) is 24.3 Å². The standard InChI is InChI=1S/C18H11F3N2O3/c19-18(20,21)26-14-5-3-13(4-6-14)23-9-12-7-10-1-2-11(17(24)25)8-15(10)16(12)22-23/h1-6,8-9H,7H2,(H,24,25). The van der Waals surface area contributed by atoms with Crippen LogP contribution in [0.15, 0.2) is 48.7 Å². The molecule has 0 fully saturated rings. The number of benzene rings is 2. The molecule has 1 aliphatic rings. The highest BCUT2D eigenvalue weighted by Crippen LogP contribution is 2.36. The van der Waals surface area contributed by atoms with Crippen molar-refractivity contribution >= 4 is 5.97 Å². The van der Waals surface area contributed by atoms with Crippen LogP contribution in [0, 0.1) is 0 Å². The molecule has 2 aromatic carbocycles. The number of nitrogens with zero attached hydrogens (tertiary/aromatic N) is 2. The molecular formula is C18H11F3N2O3. The van der Waals surface area contributed by atoms with Crippen molar-refractivity contribution in [1.82, 2.24) is 9.78 Å². The lowest BCUT2D eigenvalue weighted by Crippen LogP contribution is -2.17. The predicted octanol–water partition coefficient (Wildman–Crippen LogP) is 4.04. The Morgan fingerprint density at radius 3 is 2.50 bits per heavy atom. The first-order valence-corrected chi connectivity index (χ1v) is 7.61. The molecule has 0 saturated carbocycles. The fourth-order valence-corrected chi connectivity index (χ4v) is 2.99. The van der Waals surface area contributed by atoms with Crippen molar-refractivity contribution in [3.05, 3.63) is 65.4 Å². The van der Waals surface area contributed by atoms with Crippen molar-refractivity contribution in [3.63, 3.8) is 0 Å². The smallest absolute Gasteiger partial charge is 0.478 e. The maximum absolute atomic E-state index is 12.2. The summed E-state index contributed by atoms with van der Waals surface area (Å²) >= 11 is 0. The zero-order valence-corrected chi connectivity index (χ0v) is 13.1. The van der Waals surface area contributed by atoms with Crippen molar-refractivity contribution in [2.75, 3.05) is 0 Å². The van der Waals surface area contributed by atoms with Crippen LogP contribution in [0.4, 0.5) is 13.2 Å². The Balaban J connectivity index is 1.65. The molecule has 3 aromatic rings. The molecule has 0 saturated heterocycles. The number of aromatic nitrogens is 2. The lowest BCUT2D eigenvalue weighted by Gasteiger charge is -2.09. The second-order valence-electron chi connectivity index (χ2n) is 5.84. The molecule has 0 aliphatic heterocycles. The second-order valence-corrected chi connectivity index (χ2v) is 5.84. The number of hydrogen-bond donors (Lipinski definition) is 1. The maximum atomic E-state index is 12.2. The third-order valence-corrected chi connectivity index (χ3v) is 4.12. The summed E-state index contributed by atoms with van der Waals surface area (Å²) in [5.74, 6) is -1.32. The molecule has 8 heteroatoms. The number of halogens is 3. The molecule has 0 atom stereocenters. The average molecular weight is 360 g/mol. The molecule has 0 amide bonds. The van der Waals surface area contributed by atoms with Gasteiger partial charge >= 0.3 is 12.3 Å². The minimum Gasteiger partial charge on any atom is -0.478 e. The van der Waals surface area contributed by atoms with Crippen LogP contribution in [0.25, 0.3) is 16.9 Å². The summed E-state index contributed by atoms with van der Waals surface area (Å²) in [5, 5.41) is 13.6. The molecule has 1 N–H and O–H groups in total. The van der Waals surface area contributed by atoms with E-state index in [4.69, 9.17) is 5.11 Å². The maximum Gasteiger partial charge on any atom is 0.573 e. The van der Waals surface area contributed by atoms with Gasteiger partial charge in [0.15, 0.2) is 0 Å². The Bertz CT molecular complexity index is 1010. The molecule has 4 rings (SSSR count). The minimum atomic E-state index is -4.74. The molecule has 132 valence electrons. The third kappa shape index (κ3) is 2.90. The summed E-state index contributed by atoms with van der Waals surface area (Å²) in [7, 11) is 0. The normalized spacial score (nSPS) is 12.6. The summed E-state index contributed by atoms with van der Waals surface area (Å²) in [5.41, 5.74) is 4.12. The van der Waals surface area contributed by atoms with Gasteiger partial charge in [-0.1, -0.05) is 6.07 Å². The van der Waals surface area contributed by atoms with Crippen LogP contribution in [0.2, 0.25) is 0 Å². The Kier molecular flexibility index (Phi) is 3.50. The van der Waals surface area contributed by atoms with Gasteiger partial charge in [0.2, 0.25) is 0 Å². The first kappa shape index (κ1) is 16.2. The van der Waals surface area contributed by atoms with Gasteiger partial charge < -0.3 is 9.84 Å². The van der Waals surface area contributed by atoms with Gasteiger partial charge in [-0.25, -0.2) is 9.48 Å². The number of ether oxygens (including phenoxy) is 1. The fourth-order valence-electron chi connectivity index (χ4n) is 2.99. The van der Waals surface area contributed by atoms with Crippen molar-refractivity contribution in [3.8, 4) is 22.7 Å². The number of alkyl halides is 3. The average Bonchev–Trinajstić information content (AvgIpc) is 3.11. The van der Waals surface area contributed by atoms with Crippen LogP contribution in [-0.4, -0.2) is 27.2 Å². The number of fused-ring (bicyclic) bond motifs is 3. The number of carbonyl (C=O) groups is 1. The predicted molar refractivity (Wildman–Crippen MR) is 85.4 cm³/mol. The first-order valence-electron chi connectivity index (χ1n) is 7.61. The van der Waals surface area contributed by atoms with Crippen LogP contribution in [-0.2, 0) is 6.42 Å². The summed E-state index contributed by atoms with van der Waals surface area (Å²) in [6.45, 7) is 0. The Morgan fingerprint density at radius 2 is 1.85 bits per heavy atom. The highest BCUT2D eigenvalue weighted by Gasteiger charge is 2.31. The number of carboxylic acid groups (broad SMARTS) is 1. The third-order valence-electron chi connectivity index (χ3n) is 4.12. The van der Waals surface area contributed by atoms with Gasteiger partial charge in [0, 0.05) is 23.7 Å². The van der Waals surface area contributed by atoms with Crippen LogP contribution in [0.5, 0.6) is 5.75 Å². The SMILES string of the molecule is O=C(O)c1ccc2c(c1)-c1nn(-c3ccc(OC(F)(F)F)cc3)cc1C2. The van der Waals surface area contributed by atoms with Crippen LogP contribution < -0.4 is 4.74 Å². The minimum absolute atomic E-state index is 0.180. The van der Waals surface area contributed by atoms with E-state index < -0.39 is 12.3 Å². The largest absolute Gasteiger partial charge is 0.573 e. The van der Waals surface area contributed by atoms with Gasteiger partial charge in [-0.2, -0.15) is 5.10 Å². The van der Waals surface area contributed by atoms with E-state index in [0.29, 0.717) is 17.8 Å². The van der Waals surface area contributed by atoms with E-state index in [1.54, 1.807) is 29.1 Å². The summed E-state index contributed by atoms with van der Waals surface area (Å²) < 4.78 is 42.1. The van der Waals surface area contributed by atoms with E-state index in [9.17, 15) is 18.0 Å². The van der Waals surface area contributed by atoms with Crippen molar-refractivity contribution in [2.24, 2.45) is 0 Å². The summed E-state index contributed by atoms with van der Waals surface area (Å²) in [4.78, 5) is 11.2. The van der Waals surface area contributed by atoms with E-state index in [-0.39, 0.29) is 11.3 Å². The van der Waals surface area contributed by atoms with Gasteiger partial charge in [0.05, 0.1) is 16.9 Å². The highest BCUT2D eigenvalue weighted by molar-refractivity contribution is 5.90. The molecule has 1 aliphatic carbocycles. The molecule has 0 radical (unpaired) electrons. The lowest BCUT2D eigenvalue weighted by atomic mass is 10.1. The Labute approximate surface area is 145 Å². The molecule has 26 heavy (non-hydrogen) atoms. The van der Waals surface area contributed by atoms with E-state index in [1.807, 2.05) is 0 Å². The monoisotopic (exact) mass is 360 g/mol. The zero-order valence-electron chi connectivity index (χ0n) is 13.1. The highest BCUT2D eigenvalue weighted by atomic mass is 19.4. The molecule has 5 nitrogen and oxygen atoms in total. The van der Waals surface area contributed by atoms with Gasteiger partial charge in [-0.3, -0.25) is 0 Å². The number of hydrogen-bond acceptors (Lipinski definition) is 3. The van der Waals surface area contributed by atoms with E-state index in [0.717, 1.165) is 16.7 Å². The van der Waals surface area contributed by atoms with Crippen molar-refractivity contribution < 1.29 is 27.8 Å². The van der Waals surface area contributed by atoms with Gasteiger partial charge in [0.25, 0.3) is 0 Å².